The zero-order chi connectivity index (χ0) is 13.1. The molecule has 1 heterocycles. The Hall–Kier alpha value is 0.0700. The van der Waals surface area contributed by atoms with Crippen LogP contribution in [-0.2, 0) is 6.54 Å². The van der Waals surface area contributed by atoms with Gasteiger partial charge < -0.3 is 5.32 Å². The van der Waals surface area contributed by atoms with Crippen LogP contribution in [0, 0.1) is 11.8 Å². The second-order valence-electron chi connectivity index (χ2n) is 5.43. The first-order valence-corrected chi connectivity index (χ1v) is 8.18. The van der Waals surface area contributed by atoms with Gasteiger partial charge in [-0.15, -0.1) is 0 Å². The second-order valence-corrected chi connectivity index (χ2v) is 7.20. The van der Waals surface area contributed by atoms with E-state index in [1.54, 1.807) is 0 Å². The van der Waals surface area contributed by atoms with Crippen molar-refractivity contribution in [1.29, 1.82) is 0 Å². The number of nitrogens with one attached hydrogen (secondary N) is 1. The van der Waals surface area contributed by atoms with Crippen LogP contribution in [0.3, 0.4) is 0 Å². The fourth-order valence-corrected chi connectivity index (χ4v) is 3.67. The molecule has 1 aliphatic carbocycles. The lowest BCUT2D eigenvalue weighted by Crippen LogP contribution is -2.36. The summed E-state index contributed by atoms with van der Waals surface area (Å²) in [6, 6.07) is 2.70. The normalized spacial score (nSPS) is 28.3. The molecule has 1 aliphatic rings. The van der Waals surface area contributed by atoms with Gasteiger partial charge in [-0.25, -0.2) is 0 Å². The summed E-state index contributed by atoms with van der Waals surface area (Å²) in [6.07, 6.45) is 5.77. The predicted molar refractivity (Wildman–Crippen MR) is 82.4 cm³/mol. The highest BCUT2D eigenvalue weighted by Crippen LogP contribution is 2.29. The molecule has 100 valence electrons. The van der Waals surface area contributed by atoms with Gasteiger partial charge in [-0.2, -0.15) is 0 Å². The Morgan fingerprint density at radius 3 is 2.72 bits per heavy atom. The van der Waals surface area contributed by atoms with Crippen molar-refractivity contribution < 1.29 is 0 Å². The topological polar surface area (TPSA) is 24.9 Å². The molecule has 1 aromatic rings. The molecule has 1 N–H and O–H groups in total. The number of aromatic nitrogens is 1. The molecule has 4 heteroatoms. The molecule has 0 saturated heterocycles. The van der Waals surface area contributed by atoms with Gasteiger partial charge in [0, 0.05) is 27.7 Å². The summed E-state index contributed by atoms with van der Waals surface area (Å²) in [5.74, 6) is 1.71. The van der Waals surface area contributed by atoms with E-state index in [1.165, 1.54) is 19.3 Å². The highest BCUT2D eigenvalue weighted by Gasteiger charge is 2.24. The van der Waals surface area contributed by atoms with Crippen molar-refractivity contribution in [2.75, 3.05) is 0 Å². The van der Waals surface area contributed by atoms with E-state index in [4.69, 9.17) is 0 Å². The minimum absolute atomic E-state index is 0.647. The molecule has 3 unspecified atom stereocenters. The maximum absolute atomic E-state index is 4.44. The van der Waals surface area contributed by atoms with E-state index >= 15 is 0 Å². The van der Waals surface area contributed by atoms with Gasteiger partial charge in [-0.05, 0) is 69.0 Å². The SMILES string of the molecule is CC1CCC(NCc2ncc(Br)cc2Br)CC1C. The zero-order valence-corrected chi connectivity index (χ0v) is 14.1. The molecular weight excluding hydrogens is 356 g/mol. The molecule has 0 bridgehead atoms. The number of hydrogen-bond acceptors (Lipinski definition) is 2. The summed E-state index contributed by atoms with van der Waals surface area (Å²) in [5.41, 5.74) is 1.09. The fourth-order valence-electron chi connectivity index (χ4n) is 2.55. The molecule has 0 aromatic carbocycles. The Morgan fingerprint density at radius 1 is 1.28 bits per heavy atom. The lowest BCUT2D eigenvalue weighted by molar-refractivity contribution is 0.225. The summed E-state index contributed by atoms with van der Waals surface area (Å²) in [7, 11) is 0. The lowest BCUT2D eigenvalue weighted by atomic mass is 9.79. The van der Waals surface area contributed by atoms with Crippen molar-refractivity contribution in [2.24, 2.45) is 11.8 Å². The molecule has 0 spiro atoms. The summed E-state index contributed by atoms with van der Waals surface area (Å²) >= 11 is 6.99. The first kappa shape index (κ1) is 14.5. The van der Waals surface area contributed by atoms with Crippen LogP contribution >= 0.6 is 31.9 Å². The zero-order valence-electron chi connectivity index (χ0n) is 10.9. The van der Waals surface area contributed by atoms with Crippen molar-refractivity contribution in [1.82, 2.24) is 10.3 Å². The summed E-state index contributed by atoms with van der Waals surface area (Å²) in [5, 5.41) is 3.64. The molecule has 0 radical (unpaired) electrons. The molecule has 0 amide bonds. The molecule has 18 heavy (non-hydrogen) atoms. The number of nitrogens with zero attached hydrogens (tertiary/aromatic N) is 1. The highest BCUT2D eigenvalue weighted by molar-refractivity contribution is 9.11. The first-order chi connectivity index (χ1) is 8.56. The Kier molecular flexibility index (Phi) is 5.22. The molecule has 1 fully saturated rings. The van der Waals surface area contributed by atoms with Gasteiger partial charge in [0.05, 0.1) is 5.69 Å². The number of halogens is 2. The van der Waals surface area contributed by atoms with E-state index in [1.807, 2.05) is 6.20 Å². The third kappa shape index (κ3) is 3.78. The van der Waals surface area contributed by atoms with Crippen LogP contribution in [0.4, 0.5) is 0 Å². The van der Waals surface area contributed by atoms with Crippen molar-refractivity contribution >= 4 is 31.9 Å². The molecule has 2 rings (SSSR count). The lowest BCUT2D eigenvalue weighted by Gasteiger charge is -2.32. The minimum atomic E-state index is 0.647. The van der Waals surface area contributed by atoms with E-state index in [-0.39, 0.29) is 0 Å². The number of hydrogen-bond donors (Lipinski definition) is 1. The monoisotopic (exact) mass is 374 g/mol. The van der Waals surface area contributed by atoms with E-state index in [9.17, 15) is 0 Å². The standard InChI is InChI=1S/C14H20Br2N2/c1-9-3-4-12(5-10(9)2)17-8-14-13(16)6-11(15)7-18-14/h6-7,9-10,12,17H,3-5,8H2,1-2H3. The van der Waals surface area contributed by atoms with Crippen molar-refractivity contribution in [2.45, 2.75) is 45.7 Å². The summed E-state index contributed by atoms with van der Waals surface area (Å²) < 4.78 is 2.08. The Labute approximate surface area is 126 Å². The van der Waals surface area contributed by atoms with Crippen LogP contribution < -0.4 is 5.32 Å². The second kappa shape index (κ2) is 6.49. The van der Waals surface area contributed by atoms with Gasteiger partial charge in [0.25, 0.3) is 0 Å². The molecule has 3 atom stereocenters. The van der Waals surface area contributed by atoms with Crippen LogP contribution in [0.5, 0.6) is 0 Å². The highest BCUT2D eigenvalue weighted by atomic mass is 79.9. The average molecular weight is 376 g/mol. The maximum atomic E-state index is 4.44. The van der Waals surface area contributed by atoms with Crippen molar-refractivity contribution in [3.05, 3.63) is 26.9 Å². The molecule has 1 saturated carbocycles. The van der Waals surface area contributed by atoms with Gasteiger partial charge in [0.2, 0.25) is 0 Å². The smallest absolute Gasteiger partial charge is 0.0684 e. The van der Waals surface area contributed by atoms with Crippen molar-refractivity contribution in [3.63, 3.8) is 0 Å². The maximum Gasteiger partial charge on any atom is 0.0684 e. The Morgan fingerprint density at radius 2 is 2.06 bits per heavy atom. The number of rotatable bonds is 3. The van der Waals surface area contributed by atoms with Crippen LogP contribution in [0.1, 0.15) is 38.8 Å². The Balaban J connectivity index is 1.88. The van der Waals surface area contributed by atoms with Gasteiger partial charge >= 0.3 is 0 Å². The van der Waals surface area contributed by atoms with E-state index in [2.05, 4.69) is 62.1 Å². The number of pyridine rings is 1. The third-order valence-electron chi connectivity index (χ3n) is 4.04. The molecule has 1 aromatic heterocycles. The van der Waals surface area contributed by atoms with Gasteiger partial charge in [0.15, 0.2) is 0 Å². The van der Waals surface area contributed by atoms with Gasteiger partial charge in [-0.3, -0.25) is 4.98 Å². The molecule has 2 nitrogen and oxygen atoms in total. The fraction of sp³-hybridized carbons (Fsp3) is 0.643. The largest absolute Gasteiger partial charge is 0.308 e. The third-order valence-corrected chi connectivity index (χ3v) is 5.16. The quantitative estimate of drug-likeness (QED) is 0.839. The Bertz CT molecular complexity index is 409. The average Bonchev–Trinajstić information content (AvgIpc) is 2.32. The van der Waals surface area contributed by atoms with Crippen LogP contribution in [0.2, 0.25) is 0 Å². The molecule has 0 aliphatic heterocycles. The van der Waals surface area contributed by atoms with E-state index < -0.39 is 0 Å². The minimum Gasteiger partial charge on any atom is -0.308 e. The van der Waals surface area contributed by atoms with Crippen LogP contribution in [0.25, 0.3) is 0 Å². The van der Waals surface area contributed by atoms with Crippen LogP contribution in [0.15, 0.2) is 21.2 Å². The van der Waals surface area contributed by atoms with Gasteiger partial charge in [-0.1, -0.05) is 13.8 Å². The van der Waals surface area contributed by atoms with Crippen LogP contribution in [-0.4, -0.2) is 11.0 Å². The summed E-state index contributed by atoms with van der Waals surface area (Å²) in [4.78, 5) is 4.44. The van der Waals surface area contributed by atoms with Gasteiger partial charge in [0.1, 0.15) is 0 Å². The predicted octanol–water partition coefficient (Wildman–Crippen LogP) is 4.52. The van der Waals surface area contributed by atoms with E-state index in [0.717, 1.165) is 33.0 Å². The van der Waals surface area contributed by atoms with E-state index in [0.29, 0.717) is 6.04 Å². The summed E-state index contributed by atoms with van der Waals surface area (Å²) in [6.45, 7) is 5.58. The van der Waals surface area contributed by atoms with Crippen molar-refractivity contribution in [3.8, 4) is 0 Å². The molecular formula is C14H20Br2N2. The first-order valence-electron chi connectivity index (χ1n) is 6.59.